The topological polar surface area (TPSA) is 202 Å². The van der Waals surface area contributed by atoms with E-state index >= 15 is 0 Å². The summed E-state index contributed by atoms with van der Waals surface area (Å²) in [6.45, 7) is 9.89. The van der Waals surface area contributed by atoms with E-state index in [1.807, 2.05) is 97.8 Å². The van der Waals surface area contributed by atoms with Crippen LogP contribution in [-0.2, 0) is 30.2 Å². The van der Waals surface area contributed by atoms with E-state index in [-0.39, 0.29) is 17.1 Å². The molecule has 2 heterocycles. The average molecular weight is 576 g/mol. The summed E-state index contributed by atoms with van der Waals surface area (Å²) in [7, 11) is 0. The molecule has 205 valence electrons. The molecule has 0 N–H and O–H groups in total. The molecular formula is C24H28CuN14. The molecule has 2 aromatic heterocycles. The van der Waals surface area contributed by atoms with Crippen molar-refractivity contribution < 1.29 is 17.1 Å². The van der Waals surface area contributed by atoms with Crippen molar-refractivity contribution in [3.05, 3.63) is 116 Å². The van der Waals surface area contributed by atoms with Gasteiger partial charge < -0.3 is 31.3 Å². The number of nitrogens with zero attached hydrogens (tertiary/aromatic N) is 14. The van der Waals surface area contributed by atoms with Crippen molar-refractivity contribution in [1.29, 1.82) is 0 Å². The second-order valence-electron chi connectivity index (χ2n) is 7.28. The molecule has 0 fully saturated rings. The fourth-order valence-corrected chi connectivity index (χ4v) is 2.73. The second-order valence-corrected chi connectivity index (χ2v) is 7.28. The Morgan fingerprint density at radius 2 is 0.923 bits per heavy atom. The average Bonchev–Trinajstić information content (AvgIpc) is 3.58. The van der Waals surface area contributed by atoms with Crippen LogP contribution >= 0.6 is 0 Å². The summed E-state index contributed by atoms with van der Waals surface area (Å²) in [5, 5.41) is 16.5. The van der Waals surface area contributed by atoms with E-state index in [0.717, 1.165) is 24.5 Å². The first kappa shape index (κ1) is 34.2. The number of imidazole rings is 2. The molecule has 0 spiro atoms. The van der Waals surface area contributed by atoms with Crippen LogP contribution < -0.4 is 0 Å². The van der Waals surface area contributed by atoms with Gasteiger partial charge in [-0.05, 0) is 52.0 Å². The molecule has 0 atom stereocenters. The minimum atomic E-state index is 0. The first-order chi connectivity index (χ1) is 18.4. The molecule has 4 aromatic rings. The minimum absolute atomic E-state index is 0. The Kier molecular flexibility index (Phi) is 17.8. The molecule has 0 saturated carbocycles. The summed E-state index contributed by atoms with van der Waals surface area (Å²) >= 11 is 0. The van der Waals surface area contributed by atoms with Crippen LogP contribution in [0.4, 0.5) is 23.3 Å². The van der Waals surface area contributed by atoms with Gasteiger partial charge in [-0.1, -0.05) is 35.4 Å². The Morgan fingerprint density at radius 1 is 0.615 bits per heavy atom. The molecule has 0 aliphatic rings. The first-order valence-electron chi connectivity index (χ1n) is 11.4. The Bertz CT molecular complexity index is 1240. The number of hydrogen-bond acceptors (Lipinski definition) is 6. The predicted octanol–water partition coefficient (Wildman–Crippen LogP) is 8.98. The Morgan fingerprint density at radius 3 is 1.21 bits per heavy atom. The van der Waals surface area contributed by atoms with Gasteiger partial charge >= 0.3 is 17.1 Å². The van der Waals surface area contributed by atoms with Crippen molar-refractivity contribution in [1.82, 2.24) is 19.1 Å². The van der Waals surface area contributed by atoms with Crippen molar-refractivity contribution >= 4 is 23.3 Å². The molecule has 0 aliphatic carbocycles. The first-order valence-corrected chi connectivity index (χ1v) is 11.4. The van der Waals surface area contributed by atoms with Crippen molar-refractivity contribution in [3.8, 4) is 0 Å². The van der Waals surface area contributed by atoms with E-state index in [4.69, 9.17) is 22.1 Å². The quantitative estimate of drug-likeness (QED) is 0.0954. The summed E-state index contributed by atoms with van der Waals surface area (Å²) in [4.78, 5) is 11.2. The second kappa shape index (κ2) is 20.3. The van der Waals surface area contributed by atoms with Gasteiger partial charge in [-0.2, -0.15) is 0 Å². The monoisotopic (exact) mass is 575 g/mol. The molecule has 0 saturated heterocycles. The summed E-state index contributed by atoms with van der Waals surface area (Å²) in [5.74, 6) is 1.28. The fraction of sp³-hybridized carbons (Fsp3) is 0.250. The maximum Gasteiger partial charge on any atom is 2.00 e. The third-order valence-corrected chi connectivity index (χ3v) is 4.65. The summed E-state index contributed by atoms with van der Waals surface area (Å²) in [5.41, 5.74) is 31.1. The van der Waals surface area contributed by atoms with Crippen LogP contribution in [0.25, 0.3) is 31.9 Å². The summed E-state index contributed by atoms with van der Waals surface area (Å²) in [6.07, 6.45) is 7.24. The standard InChI is InChI=1S/2C12H14N4.Cu.2N3/c2*1-3-16-9-8-13-12(16)15-14-11-6-4-10(2)5-7-11;;2*1-3-2/h2*4-9H,3H2,1-2H3;;;/q;;+2;2*-1. The van der Waals surface area contributed by atoms with E-state index in [0.29, 0.717) is 11.9 Å². The maximum absolute atomic E-state index is 6.75. The number of azo groups is 2. The van der Waals surface area contributed by atoms with E-state index < -0.39 is 0 Å². The largest absolute Gasteiger partial charge is 2.00 e. The van der Waals surface area contributed by atoms with Gasteiger partial charge in [-0.3, -0.25) is 9.82 Å². The fourth-order valence-electron chi connectivity index (χ4n) is 2.73. The molecule has 4 rings (SSSR count). The van der Waals surface area contributed by atoms with Crippen molar-refractivity contribution in [2.45, 2.75) is 40.8 Å². The number of aromatic nitrogens is 4. The van der Waals surface area contributed by atoms with Gasteiger partial charge in [-0.15, -0.1) is 20.5 Å². The van der Waals surface area contributed by atoms with Crippen molar-refractivity contribution in [2.75, 3.05) is 0 Å². The van der Waals surface area contributed by atoms with Gasteiger partial charge in [0.05, 0.1) is 11.4 Å². The molecule has 14 nitrogen and oxygen atoms in total. The normalized spacial score (nSPS) is 9.54. The van der Waals surface area contributed by atoms with Crippen LogP contribution in [0.15, 0.2) is 93.8 Å². The van der Waals surface area contributed by atoms with Gasteiger partial charge in [0, 0.05) is 37.9 Å². The molecule has 1 radical (unpaired) electrons. The van der Waals surface area contributed by atoms with Crippen molar-refractivity contribution in [3.63, 3.8) is 0 Å². The van der Waals surface area contributed by atoms with Gasteiger partial charge in [0.25, 0.3) is 0 Å². The summed E-state index contributed by atoms with van der Waals surface area (Å²) < 4.78 is 3.88. The molecule has 0 unspecified atom stereocenters. The van der Waals surface area contributed by atoms with Gasteiger partial charge in [-0.25, -0.2) is 9.97 Å². The number of aryl methyl sites for hydroxylation is 4. The summed E-state index contributed by atoms with van der Waals surface area (Å²) in [6, 6.07) is 15.8. The van der Waals surface area contributed by atoms with E-state index in [9.17, 15) is 0 Å². The Labute approximate surface area is 236 Å². The van der Waals surface area contributed by atoms with E-state index in [2.05, 4.69) is 30.4 Å². The van der Waals surface area contributed by atoms with Gasteiger partial charge in [0.15, 0.2) is 0 Å². The van der Waals surface area contributed by atoms with Crippen LogP contribution in [0, 0.1) is 13.8 Å². The molecule has 0 amide bonds. The minimum Gasteiger partial charge on any atom is -0.373 e. The molecule has 15 heteroatoms. The van der Waals surface area contributed by atoms with Crippen LogP contribution in [0.3, 0.4) is 0 Å². The smallest absolute Gasteiger partial charge is 0.373 e. The zero-order valence-corrected chi connectivity index (χ0v) is 22.8. The van der Waals surface area contributed by atoms with Crippen LogP contribution in [0.5, 0.6) is 0 Å². The molecular weight excluding hydrogens is 548 g/mol. The zero-order chi connectivity index (χ0) is 28.2. The predicted molar refractivity (Wildman–Crippen MR) is 147 cm³/mol. The number of benzene rings is 2. The number of rotatable bonds is 6. The molecule has 39 heavy (non-hydrogen) atoms. The van der Waals surface area contributed by atoms with Gasteiger partial charge in [0.1, 0.15) is 0 Å². The van der Waals surface area contributed by atoms with Crippen LogP contribution in [0.2, 0.25) is 0 Å². The maximum atomic E-state index is 6.75. The number of hydrogen-bond donors (Lipinski definition) is 0. The Hall–Kier alpha value is -4.80. The molecule has 2 aromatic carbocycles. The van der Waals surface area contributed by atoms with Crippen LogP contribution in [-0.4, -0.2) is 19.1 Å². The van der Waals surface area contributed by atoms with Gasteiger partial charge in [0.2, 0.25) is 11.9 Å². The Balaban J connectivity index is 0.000000604. The molecule has 0 aliphatic heterocycles. The van der Waals surface area contributed by atoms with Crippen LogP contribution in [0.1, 0.15) is 25.0 Å². The molecule has 0 bridgehead atoms. The zero-order valence-electron chi connectivity index (χ0n) is 21.9. The van der Waals surface area contributed by atoms with Crippen molar-refractivity contribution in [2.24, 2.45) is 20.5 Å². The third kappa shape index (κ3) is 13.4. The SMILES string of the molecule is CCn1ccnc1N=Nc1ccc(C)cc1.CCn1ccnc1N=Nc1ccc(C)cc1.[Cu+2].[N-]=[N+]=[N-].[N-]=[N+]=[N-]. The van der Waals surface area contributed by atoms with E-state index in [1.165, 1.54) is 21.0 Å². The van der Waals surface area contributed by atoms with E-state index in [1.54, 1.807) is 12.4 Å². The third-order valence-electron chi connectivity index (χ3n) is 4.65.